The van der Waals surface area contributed by atoms with Crippen LogP contribution in [0.4, 0.5) is 5.69 Å². The highest BCUT2D eigenvalue weighted by Gasteiger charge is 2.24. The Kier molecular flexibility index (Phi) is 7.82. The van der Waals surface area contributed by atoms with Crippen molar-refractivity contribution in [2.45, 2.75) is 24.2 Å². The van der Waals surface area contributed by atoms with Gasteiger partial charge in [-0.3, -0.25) is 14.3 Å². The summed E-state index contributed by atoms with van der Waals surface area (Å²) in [4.78, 5) is 29.2. The van der Waals surface area contributed by atoms with Crippen LogP contribution < -0.4 is 4.72 Å². The molecule has 0 bridgehead atoms. The smallest absolute Gasteiger partial charge is 0.261 e. The number of sulfonamides is 1. The molecule has 3 aromatic carbocycles. The molecule has 3 aromatic rings. The summed E-state index contributed by atoms with van der Waals surface area (Å²) in [6.07, 6.45) is 2.19. The van der Waals surface area contributed by atoms with E-state index in [-0.39, 0.29) is 16.7 Å². The fourth-order valence-corrected chi connectivity index (χ4v) is 5.16. The van der Waals surface area contributed by atoms with Crippen molar-refractivity contribution in [2.24, 2.45) is 0 Å². The lowest BCUT2D eigenvalue weighted by Crippen LogP contribution is -2.50. The number of nitrogens with one attached hydrogen (secondary N) is 1. The first-order valence-electron chi connectivity index (χ1n) is 11.7. The summed E-state index contributed by atoms with van der Waals surface area (Å²) in [5.74, 6) is 0.00160. The van der Waals surface area contributed by atoms with Gasteiger partial charge in [-0.25, -0.2) is 8.42 Å². The lowest BCUT2D eigenvalue weighted by Gasteiger charge is -2.35. The molecule has 182 valence electrons. The van der Waals surface area contributed by atoms with E-state index in [1.165, 1.54) is 17.7 Å². The minimum absolute atomic E-state index is 0.126. The van der Waals surface area contributed by atoms with Crippen molar-refractivity contribution in [3.05, 3.63) is 96.1 Å². The Morgan fingerprint density at radius 3 is 1.94 bits per heavy atom. The van der Waals surface area contributed by atoms with E-state index in [0.717, 1.165) is 12.8 Å². The van der Waals surface area contributed by atoms with Crippen LogP contribution in [0.3, 0.4) is 0 Å². The van der Waals surface area contributed by atoms with Gasteiger partial charge < -0.3 is 9.80 Å². The molecule has 0 spiro atoms. The third-order valence-electron chi connectivity index (χ3n) is 6.06. The Bertz CT molecular complexity index is 1240. The molecule has 1 N–H and O–H groups in total. The summed E-state index contributed by atoms with van der Waals surface area (Å²) in [5.41, 5.74) is 2.10. The van der Waals surface area contributed by atoms with Gasteiger partial charge in [0.1, 0.15) is 0 Å². The molecule has 0 aliphatic carbocycles. The molecule has 2 amide bonds. The van der Waals surface area contributed by atoms with Crippen LogP contribution in [0.2, 0.25) is 0 Å². The SMILES string of the molecule is O=C(CCCc1ccccc1)N1CCN(C(=O)c2ccc(NS(=O)(=O)c3ccccc3)cc2)CC1. The number of carbonyl (C=O) groups is 2. The molecule has 0 atom stereocenters. The molecule has 0 radical (unpaired) electrons. The first-order chi connectivity index (χ1) is 16.9. The fourth-order valence-electron chi connectivity index (χ4n) is 4.08. The number of carbonyl (C=O) groups excluding carboxylic acids is 2. The molecule has 0 unspecified atom stereocenters. The molecule has 1 fully saturated rings. The second kappa shape index (κ2) is 11.2. The predicted octanol–water partition coefficient (Wildman–Crippen LogP) is 3.79. The fraction of sp³-hybridized carbons (Fsp3) is 0.259. The Morgan fingerprint density at radius 2 is 1.31 bits per heavy atom. The van der Waals surface area contributed by atoms with Crippen LogP contribution >= 0.6 is 0 Å². The van der Waals surface area contributed by atoms with Crippen LogP contribution in [0, 0.1) is 0 Å². The Hall–Kier alpha value is -3.65. The van der Waals surface area contributed by atoms with E-state index in [1.54, 1.807) is 47.4 Å². The van der Waals surface area contributed by atoms with E-state index < -0.39 is 10.0 Å². The van der Waals surface area contributed by atoms with Gasteiger partial charge in [-0.15, -0.1) is 0 Å². The number of rotatable bonds is 8. The largest absolute Gasteiger partial charge is 0.339 e. The molecule has 0 aromatic heterocycles. The molecule has 1 saturated heterocycles. The predicted molar refractivity (Wildman–Crippen MR) is 136 cm³/mol. The van der Waals surface area contributed by atoms with Gasteiger partial charge in [0.2, 0.25) is 5.91 Å². The van der Waals surface area contributed by atoms with Crippen LogP contribution in [0.15, 0.2) is 89.8 Å². The van der Waals surface area contributed by atoms with E-state index in [0.29, 0.717) is 43.9 Å². The van der Waals surface area contributed by atoms with Crippen molar-refractivity contribution in [1.29, 1.82) is 0 Å². The number of benzene rings is 3. The van der Waals surface area contributed by atoms with E-state index in [2.05, 4.69) is 16.9 Å². The maximum absolute atomic E-state index is 12.9. The van der Waals surface area contributed by atoms with Gasteiger partial charge in [-0.1, -0.05) is 48.5 Å². The Labute approximate surface area is 206 Å². The Balaban J connectivity index is 1.25. The zero-order valence-electron chi connectivity index (χ0n) is 19.5. The molecule has 1 heterocycles. The zero-order chi connectivity index (χ0) is 24.7. The lowest BCUT2D eigenvalue weighted by molar-refractivity contribution is -0.132. The standard InChI is InChI=1S/C27H29N3O4S/c31-26(13-7-10-22-8-3-1-4-9-22)29-18-20-30(21-19-29)27(32)23-14-16-24(17-15-23)28-35(33,34)25-11-5-2-6-12-25/h1-6,8-9,11-12,14-17,28H,7,10,13,18-21H2. The van der Waals surface area contributed by atoms with E-state index in [9.17, 15) is 18.0 Å². The van der Waals surface area contributed by atoms with Gasteiger partial charge in [-0.05, 0) is 54.8 Å². The quantitative estimate of drug-likeness (QED) is 0.519. The maximum atomic E-state index is 12.9. The molecule has 4 rings (SSSR count). The van der Waals surface area contributed by atoms with Crippen molar-refractivity contribution in [3.8, 4) is 0 Å². The van der Waals surface area contributed by atoms with E-state index >= 15 is 0 Å². The van der Waals surface area contributed by atoms with Gasteiger partial charge in [0.15, 0.2) is 0 Å². The molecule has 0 saturated carbocycles. The average Bonchev–Trinajstić information content (AvgIpc) is 2.90. The summed E-state index contributed by atoms with van der Waals surface area (Å²) in [5, 5.41) is 0. The average molecular weight is 492 g/mol. The summed E-state index contributed by atoms with van der Waals surface area (Å²) >= 11 is 0. The van der Waals surface area contributed by atoms with Gasteiger partial charge in [0, 0.05) is 43.9 Å². The number of aryl methyl sites for hydroxylation is 1. The highest BCUT2D eigenvalue weighted by atomic mass is 32.2. The number of nitrogens with zero attached hydrogens (tertiary/aromatic N) is 2. The van der Waals surface area contributed by atoms with Gasteiger partial charge in [0.25, 0.3) is 15.9 Å². The highest BCUT2D eigenvalue weighted by molar-refractivity contribution is 7.92. The zero-order valence-corrected chi connectivity index (χ0v) is 20.3. The molecular weight excluding hydrogens is 462 g/mol. The van der Waals surface area contributed by atoms with Crippen LogP contribution in [-0.2, 0) is 21.2 Å². The molecule has 1 aliphatic rings. The number of amides is 2. The number of hydrogen-bond donors (Lipinski definition) is 1. The Morgan fingerprint density at radius 1 is 0.743 bits per heavy atom. The summed E-state index contributed by atoms with van der Waals surface area (Å²) in [7, 11) is -3.69. The first-order valence-corrected chi connectivity index (χ1v) is 13.2. The third-order valence-corrected chi connectivity index (χ3v) is 7.45. The third kappa shape index (κ3) is 6.48. The summed E-state index contributed by atoms with van der Waals surface area (Å²) in [6, 6.07) is 24.6. The molecule has 7 nitrogen and oxygen atoms in total. The van der Waals surface area contributed by atoms with Crippen molar-refractivity contribution in [2.75, 3.05) is 30.9 Å². The molecule has 35 heavy (non-hydrogen) atoms. The lowest BCUT2D eigenvalue weighted by atomic mass is 10.1. The van der Waals surface area contributed by atoms with Crippen LogP contribution in [-0.4, -0.2) is 56.2 Å². The van der Waals surface area contributed by atoms with Crippen LogP contribution in [0.1, 0.15) is 28.8 Å². The van der Waals surface area contributed by atoms with Gasteiger partial charge in [0.05, 0.1) is 4.90 Å². The second-order valence-electron chi connectivity index (χ2n) is 8.51. The monoisotopic (exact) mass is 491 g/mol. The maximum Gasteiger partial charge on any atom is 0.261 e. The van der Waals surface area contributed by atoms with Crippen molar-refractivity contribution < 1.29 is 18.0 Å². The van der Waals surface area contributed by atoms with Crippen molar-refractivity contribution >= 4 is 27.5 Å². The van der Waals surface area contributed by atoms with Gasteiger partial charge in [-0.2, -0.15) is 0 Å². The van der Waals surface area contributed by atoms with E-state index in [4.69, 9.17) is 0 Å². The van der Waals surface area contributed by atoms with Gasteiger partial charge >= 0.3 is 0 Å². The normalized spacial score (nSPS) is 13.9. The number of hydrogen-bond acceptors (Lipinski definition) is 4. The minimum atomic E-state index is -3.69. The van der Waals surface area contributed by atoms with E-state index in [1.807, 2.05) is 23.1 Å². The summed E-state index contributed by atoms with van der Waals surface area (Å²) < 4.78 is 27.5. The van der Waals surface area contributed by atoms with Crippen LogP contribution in [0.5, 0.6) is 0 Å². The number of piperazine rings is 1. The molecular formula is C27H29N3O4S. The number of anilines is 1. The molecule has 1 aliphatic heterocycles. The molecule has 8 heteroatoms. The first kappa shape index (κ1) is 24.5. The highest BCUT2D eigenvalue weighted by Crippen LogP contribution is 2.18. The van der Waals surface area contributed by atoms with Crippen LogP contribution in [0.25, 0.3) is 0 Å². The van der Waals surface area contributed by atoms with Crippen molar-refractivity contribution in [1.82, 2.24) is 9.80 Å². The summed E-state index contributed by atoms with van der Waals surface area (Å²) in [6.45, 7) is 1.99. The topological polar surface area (TPSA) is 86.8 Å². The van der Waals surface area contributed by atoms with Crippen molar-refractivity contribution in [3.63, 3.8) is 0 Å². The minimum Gasteiger partial charge on any atom is -0.339 e. The second-order valence-corrected chi connectivity index (χ2v) is 10.2.